The molecule has 0 aromatic carbocycles. The van der Waals surface area contributed by atoms with Crippen LogP contribution in [-0.4, -0.2) is 28.1 Å². The summed E-state index contributed by atoms with van der Waals surface area (Å²) in [6.45, 7) is 0.361. The van der Waals surface area contributed by atoms with E-state index in [1.165, 1.54) is 0 Å². The molecule has 80 valence electrons. The highest BCUT2D eigenvalue weighted by Gasteiger charge is 2.34. The molecule has 0 bridgehead atoms. The molecule has 6 nitrogen and oxygen atoms in total. The summed E-state index contributed by atoms with van der Waals surface area (Å²) in [5, 5.41) is 3.97. The Morgan fingerprint density at radius 3 is 2.87 bits per heavy atom. The number of rotatable bonds is 2. The average Bonchev–Trinajstić information content (AvgIpc) is 2.71. The molecular formula is C9H12N4O2. The number of aryl methyl sites for hydroxylation is 1. The number of amides is 2. The predicted octanol–water partition coefficient (Wildman–Crippen LogP) is -0.742. The quantitative estimate of drug-likeness (QED) is 0.694. The molecule has 6 heteroatoms. The summed E-state index contributed by atoms with van der Waals surface area (Å²) in [7, 11) is 1.77. The smallest absolute Gasteiger partial charge is 0.227 e. The lowest BCUT2D eigenvalue weighted by Crippen LogP contribution is -2.28. The second-order valence-electron chi connectivity index (χ2n) is 3.68. The number of hydrogen-bond acceptors (Lipinski definition) is 3. The van der Waals surface area contributed by atoms with Gasteiger partial charge in [0.15, 0.2) is 0 Å². The van der Waals surface area contributed by atoms with Gasteiger partial charge in [0.05, 0.1) is 17.8 Å². The van der Waals surface area contributed by atoms with Crippen molar-refractivity contribution in [2.24, 2.45) is 18.7 Å². The maximum atomic E-state index is 11.6. The van der Waals surface area contributed by atoms with E-state index in [-0.39, 0.29) is 18.2 Å². The lowest BCUT2D eigenvalue weighted by Gasteiger charge is -2.12. The zero-order chi connectivity index (χ0) is 11.0. The van der Waals surface area contributed by atoms with Crippen molar-refractivity contribution in [1.29, 1.82) is 0 Å². The van der Waals surface area contributed by atoms with Crippen LogP contribution in [0.4, 0.5) is 5.69 Å². The summed E-state index contributed by atoms with van der Waals surface area (Å²) < 4.78 is 1.61. The van der Waals surface area contributed by atoms with E-state index in [1.54, 1.807) is 29.0 Å². The van der Waals surface area contributed by atoms with Crippen molar-refractivity contribution in [3.63, 3.8) is 0 Å². The maximum absolute atomic E-state index is 11.6. The Labute approximate surface area is 86.6 Å². The summed E-state index contributed by atoms with van der Waals surface area (Å²) in [5.74, 6) is -0.876. The number of anilines is 1. The van der Waals surface area contributed by atoms with E-state index >= 15 is 0 Å². The van der Waals surface area contributed by atoms with Crippen molar-refractivity contribution >= 4 is 17.5 Å². The van der Waals surface area contributed by atoms with Crippen LogP contribution < -0.4 is 10.6 Å². The molecule has 1 aliphatic heterocycles. The van der Waals surface area contributed by atoms with Crippen molar-refractivity contribution in [3.05, 3.63) is 12.4 Å². The van der Waals surface area contributed by atoms with Crippen molar-refractivity contribution in [2.45, 2.75) is 6.42 Å². The molecule has 0 aliphatic carbocycles. The van der Waals surface area contributed by atoms with Gasteiger partial charge in [-0.25, -0.2) is 0 Å². The highest BCUT2D eigenvalue weighted by molar-refractivity contribution is 5.99. The van der Waals surface area contributed by atoms with Crippen LogP contribution in [0, 0.1) is 5.92 Å². The van der Waals surface area contributed by atoms with Gasteiger partial charge >= 0.3 is 0 Å². The molecule has 0 radical (unpaired) electrons. The number of hydrogen-bond donors (Lipinski definition) is 1. The lowest BCUT2D eigenvalue weighted by atomic mass is 10.1. The van der Waals surface area contributed by atoms with E-state index in [9.17, 15) is 9.59 Å². The van der Waals surface area contributed by atoms with Crippen LogP contribution in [0.2, 0.25) is 0 Å². The molecule has 1 aromatic heterocycles. The highest BCUT2D eigenvalue weighted by Crippen LogP contribution is 2.23. The van der Waals surface area contributed by atoms with Crippen LogP contribution in [0.15, 0.2) is 12.4 Å². The summed E-state index contributed by atoms with van der Waals surface area (Å²) in [6.07, 6.45) is 3.53. The third-order valence-electron chi connectivity index (χ3n) is 2.53. The minimum Gasteiger partial charge on any atom is -0.369 e. The summed E-state index contributed by atoms with van der Waals surface area (Å²) in [6, 6.07) is 0. The number of nitrogens with two attached hydrogens (primary N) is 1. The first-order chi connectivity index (χ1) is 7.08. The number of nitrogens with zero attached hydrogens (tertiary/aromatic N) is 3. The molecular weight excluding hydrogens is 196 g/mol. The van der Waals surface area contributed by atoms with Gasteiger partial charge in [-0.1, -0.05) is 0 Å². The minimum absolute atomic E-state index is 0.0770. The lowest BCUT2D eigenvalue weighted by molar-refractivity contribution is -0.123. The van der Waals surface area contributed by atoms with Crippen LogP contribution in [0.5, 0.6) is 0 Å². The van der Waals surface area contributed by atoms with Gasteiger partial charge in [0.2, 0.25) is 11.8 Å². The molecule has 1 aromatic rings. The Hall–Kier alpha value is -1.85. The molecule has 1 aliphatic rings. The highest BCUT2D eigenvalue weighted by atomic mass is 16.2. The Balaban J connectivity index is 2.18. The van der Waals surface area contributed by atoms with Gasteiger partial charge in [-0.05, 0) is 0 Å². The monoisotopic (exact) mass is 208 g/mol. The zero-order valence-electron chi connectivity index (χ0n) is 8.38. The molecule has 15 heavy (non-hydrogen) atoms. The predicted molar refractivity (Wildman–Crippen MR) is 52.9 cm³/mol. The van der Waals surface area contributed by atoms with E-state index in [1.807, 2.05) is 0 Å². The van der Waals surface area contributed by atoms with Gasteiger partial charge in [0.25, 0.3) is 0 Å². The normalized spacial score (nSPS) is 21.0. The number of primary amides is 1. The average molecular weight is 208 g/mol. The summed E-state index contributed by atoms with van der Waals surface area (Å²) in [4.78, 5) is 24.1. The number of aromatic nitrogens is 2. The van der Waals surface area contributed by atoms with Gasteiger partial charge in [-0.15, -0.1) is 0 Å². The maximum Gasteiger partial charge on any atom is 0.227 e. The van der Waals surface area contributed by atoms with Gasteiger partial charge in [0, 0.05) is 26.2 Å². The fourth-order valence-corrected chi connectivity index (χ4v) is 1.70. The Bertz CT molecular complexity index is 412. The van der Waals surface area contributed by atoms with Crippen molar-refractivity contribution in [3.8, 4) is 0 Å². The van der Waals surface area contributed by atoms with E-state index in [0.717, 1.165) is 0 Å². The molecule has 2 N–H and O–H groups in total. The Morgan fingerprint density at radius 1 is 1.67 bits per heavy atom. The van der Waals surface area contributed by atoms with Crippen molar-refractivity contribution in [2.75, 3.05) is 11.4 Å². The fraction of sp³-hybridized carbons (Fsp3) is 0.444. The molecule has 2 rings (SSSR count). The second-order valence-corrected chi connectivity index (χ2v) is 3.68. The third kappa shape index (κ3) is 1.70. The molecule has 0 saturated carbocycles. The number of carbonyl (C=O) groups excluding carboxylic acids is 2. The van der Waals surface area contributed by atoms with Crippen LogP contribution in [0.3, 0.4) is 0 Å². The molecule has 1 unspecified atom stereocenters. The van der Waals surface area contributed by atoms with E-state index in [2.05, 4.69) is 5.10 Å². The van der Waals surface area contributed by atoms with Crippen molar-refractivity contribution < 1.29 is 9.59 Å². The molecule has 1 saturated heterocycles. The number of carbonyl (C=O) groups is 2. The standard InChI is InChI=1S/C9H12N4O2/c1-12-5-7(3-11-12)13-4-6(9(10)15)2-8(13)14/h3,5-6H,2,4H2,1H3,(H2,10,15). The Kier molecular flexibility index (Phi) is 2.18. The Morgan fingerprint density at radius 2 is 2.40 bits per heavy atom. The van der Waals surface area contributed by atoms with Crippen LogP contribution in [-0.2, 0) is 16.6 Å². The van der Waals surface area contributed by atoms with E-state index in [4.69, 9.17) is 5.73 Å². The van der Waals surface area contributed by atoms with Gasteiger partial charge in [0.1, 0.15) is 0 Å². The molecule has 1 atom stereocenters. The topological polar surface area (TPSA) is 81.2 Å². The fourth-order valence-electron chi connectivity index (χ4n) is 1.70. The van der Waals surface area contributed by atoms with Crippen LogP contribution in [0.1, 0.15) is 6.42 Å². The van der Waals surface area contributed by atoms with E-state index in [0.29, 0.717) is 12.2 Å². The zero-order valence-corrected chi connectivity index (χ0v) is 8.38. The first kappa shape index (κ1) is 9.70. The SMILES string of the molecule is Cn1cc(N2CC(C(N)=O)CC2=O)cn1. The summed E-state index contributed by atoms with van der Waals surface area (Å²) >= 11 is 0. The first-order valence-corrected chi connectivity index (χ1v) is 4.66. The molecule has 2 amide bonds. The molecule has 2 heterocycles. The third-order valence-corrected chi connectivity index (χ3v) is 2.53. The first-order valence-electron chi connectivity index (χ1n) is 4.66. The van der Waals surface area contributed by atoms with Crippen molar-refractivity contribution in [1.82, 2.24) is 9.78 Å². The van der Waals surface area contributed by atoms with Gasteiger partial charge in [-0.3, -0.25) is 14.3 Å². The minimum atomic E-state index is -0.422. The summed E-state index contributed by atoms with van der Waals surface area (Å²) in [5.41, 5.74) is 5.88. The largest absolute Gasteiger partial charge is 0.369 e. The molecule has 0 spiro atoms. The van der Waals surface area contributed by atoms with Crippen LogP contribution >= 0.6 is 0 Å². The van der Waals surface area contributed by atoms with Crippen LogP contribution in [0.25, 0.3) is 0 Å². The molecule has 1 fully saturated rings. The van der Waals surface area contributed by atoms with Gasteiger partial charge in [-0.2, -0.15) is 5.10 Å². The van der Waals surface area contributed by atoms with E-state index < -0.39 is 5.91 Å². The van der Waals surface area contributed by atoms with Gasteiger partial charge < -0.3 is 10.6 Å². The second kappa shape index (κ2) is 3.38.